The number of thioether (sulfide) groups is 1. The zero-order valence-electron chi connectivity index (χ0n) is 16.7. The summed E-state index contributed by atoms with van der Waals surface area (Å²) in [6, 6.07) is 12.1. The van der Waals surface area contributed by atoms with Gasteiger partial charge in [0.1, 0.15) is 0 Å². The predicted molar refractivity (Wildman–Crippen MR) is 119 cm³/mol. The summed E-state index contributed by atoms with van der Waals surface area (Å²) < 4.78 is 15.3. The molecule has 2 rings (SSSR count). The van der Waals surface area contributed by atoms with Gasteiger partial charge in [-0.15, -0.1) is 23.1 Å². The lowest BCUT2D eigenvalue weighted by atomic mass is 9.98. The average molecular weight is 458 g/mol. The molecule has 29 heavy (non-hydrogen) atoms. The standard InChI is InChI=1S/C20H28NO5PS2/c1-15-5-3-6-17(13-15)28-12-4-7-18(22)19-9-8-16(29-19)10-11-20(2,21)14-26-27(23,24)25/h3,5-6,8-9,13H,4,7,10-12,14,21H2,1-2H3,(H2,23,24,25). The van der Waals surface area contributed by atoms with Crippen molar-refractivity contribution < 1.29 is 23.7 Å². The highest BCUT2D eigenvalue weighted by Gasteiger charge is 2.24. The average Bonchev–Trinajstić information content (AvgIpc) is 3.11. The van der Waals surface area contributed by atoms with Crippen molar-refractivity contribution in [3.8, 4) is 0 Å². The highest BCUT2D eigenvalue weighted by atomic mass is 32.2. The van der Waals surface area contributed by atoms with Gasteiger partial charge in [0, 0.05) is 21.7 Å². The van der Waals surface area contributed by atoms with Gasteiger partial charge in [0.15, 0.2) is 5.78 Å². The summed E-state index contributed by atoms with van der Waals surface area (Å²) in [4.78, 5) is 33.0. The van der Waals surface area contributed by atoms with E-state index in [0.29, 0.717) is 19.3 Å². The van der Waals surface area contributed by atoms with Gasteiger partial charge in [0.05, 0.1) is 11.5 Å². The third kappa shape index (κ3) is 9.57. The first-order valence-electron chi connectivity index (χ1n) is 9.34. The van der Waals surface area contributed by atoms with E-state index in [1.807, 2.05) is 18.2 Å². The lowest BCUT2D eigenvalue weighted by Crippen LogP contribution is -2.41. The van der Waals surface area contributed by atoms with E-state index in [-0.39, 0.29) is 12.4 Å². The first-order chi connectivity index (χ1) is 13.5. The maximum Gasteiger partial charge on any atom is 0.469 e. The third-order valence-electron chi connectivity index (χ3n) is 4.25. The number of carbonyl (C=O) groups is 1. The molecule has 0 saturated heterocycles. The Bertz CT molecular complexity index is 862. The number of rotatable bonds is 12. The molecule has 0 aliphatic rings. The van der Waals surface area contributed by atoms with Crippen molar-refractivity contribution >= 4 is 36.7 Å². The van der Waals surface area contributed by atoms with Gasteiger partial charge in [-0.25, -0.2) is 4.57 Å². The summed E-state index contributed by atoms with van der Waals surface area (Å²) in [7, 11) is -4.53. The molecule has 0 amide bonds. The van der Waals surface area contributed by atoms with E-state index in [4.69, 9.17) is 15.5 Å². The number of ketones is 1. The van der Waals surface area contributed by atoms with Crippen LogP contribution in [0.2, 0.25) is 0 Å². The third-order valence-corrected chi connectivity index (χ3v) is 6.98. The number of benzene rings is 1. The fourth-order valence-corrected chi connectivity index (χ4v) is 5.03. The summed E-state index contributed by atoms with van der Waals surface area (Å²) in [5.41, 5.74) is 6.42. The Balaban J connectivity index is 1.74. The van der Waals surface area contributed by atoms with Crippen molar-refractivity contribution in [3.05, 3.63) is 51.7 Å². The minimum atomic E-state index is -4.53. The fourth-order valence-electron chi connectivity index (χ4n) is 2.63. The molecule has 0 aliphatic heterocycles. The molecule has 6 nitrogen and oxygen atoms in total. The quantitative estimate of drug-likeness (QED) is 0.185. The first-order valence-corrected chi connectivity index (χ1v) is 12.7. The second-order valence-electron chi connectivity index (χ2n) is 7.38. The van der Waals surface area contributed by atoms with Gasteiger partial charge >= 0.3 is 7.82 Å². The second kappa shape index (κ2) is 10.9. The molecule has 1 unspecified atom stereocenters. The molecule has 2 aromatic rings. The zero-order chi connectivity index (χ0) is 21.5. The van der Waals surface area contributed by atoms with Gasteiger partial charge in [-0.05, 0) is 63.1 Å². The van der Waals surface area contributed by atoms with Crippen molar-refractivity contribution in [3.63, 3.8) is 0 Å². The van der Waals surface area contributed by atoms with Crippen LogP contribution >= 0.6 is 30.9 Å². The van der Waals surface area contributed by atoms with Crippen molar-refractivity contribution in [2.24, 2.45) is 5.73 Å². The topological polar surface area (TPSA) is 110 Å². The molecular formula is C20H28NO5PS2. The summed E-state index contributed by atoms with van der Waals surface area (Å²) in [5, 5.41) is 0. The summed E-state index contributed by atoms with van der Waals surface area (Å²) in [5.74, 6) is 1.05. The number of hydrogen-bond acceptors (Lipinski definition) is 6. The van der Waals surface area contributed by atoms with Crippen molar-refractivity contribution in [1.29, 1.82) is 0 Å². The Hall–Kier alpha value is -0.990. The van der Waals surface area contributed by atoms with Crippen molar-refractivity contribution in [1.82, 2.24) is 0 Å². The largest absolute Gasteiger partial charge is 0.469 e. The number of nitrogens with two attached hydrogens (primary N) is 1. The number of phosphoric acid groups is 1. The van der Waals surface area contributed by atoms with Crippen molar-refractivity contribution in [2.75, 3.05) is 12.4 Å². The second-order valence-corrected chi connectivity index (χ2v) is 11.0. The van der Waals surface area contributed by atoms with Crippen LogP contribution in [-0.4, -0.2) is 33.5 Å². The van der Waals surface area contributed by atoms with Crippen LogP contribution in [0.1, 0.15) is 46.3 Å². The number of Topliss-reactive ketones (excluding diaryl/α,β-unsaturated/α-hetero) is 1. The van der Waals surface area contributed by atoms with Gasteiger partial charge < -0.3 is 15.5 Å². The number of aryl methyl sites for hydroxylation is 2. The van der Waals surface area contributed by atoms with E-state index in [1.54, 1.807) is 18.7 Å². The van der Waals surface area contributed by atoms with E-state index in [9.17, 15) is 9.36 Å². The first kappa shape index (κ1) is 24.3. The summed E-state index contributed by atoms with van der Waals surface area (Å²) in [6.07, 6.45) is 2.46. The molecule has 4 N–H and O–H groups in total. The van der Waals surface area contributed by atoms with E-state index in [1.165, 1.54) is 21.8 Å². The molecule has 0 radical (unpaired) electrons. The van der Waals surface area contributed by atoms with E-state index in [0.717, 1.165) is 21.9 Å². The van der Waals surface area contributed by atoms with Gasteiger partial charge in [-0.2, -0.15) is 0 Å². The number of thiophene rings is 1. The highest BCUT2D eigenvalue weighted by Crippen LogP contribution is 2.37. The molecule has 1 atom stereocenters. The number of phosphoric ester groups is 1. The smallest absolute Gasteiger partial charge is 0.323 e. The molecular weight excluding hydrogens is 429 g/mol. The number of carbonyl (C=O) groups excluding carboxylic acids is 1. The predicted octanol–water partition coefficient (Wildman–Crippen LogP) is 4.57. The normalized spacial score (nSPS) is 14.0. The van der Waals surface area contributed by atoms with Crippen LogP contribution in [0.3, 0.4) is 0 Å². The van der Waals surface area contributed by atoms with Crippen LogP contribution in [0.5, 0.6) is 0 Å². The Morgan fingerprint density at radius 3 is 2.76 bits per heavy atom. The molecule has 0 bridgehead atoms. The Labute approximate surface area is 180 Å². The summed E-state index contributed by atoms with van der Waals surface area (Å²) in [6.45, 7) is 3.53. The van der Waals surface area contributed by atoms with Crippen molar-refractivity contribution in [2.45, 2.75) is 50.0 Å². The van der Waals surface area contributed by atoms with Gasteiger partial charge in [-0.3, -0.25) is 9.32 Å². The lowest BCUT2D eigenvalue weighted by Gasteiger charge is -2.24. The maximum atomic E-state index is 12.4. The molecule has 1 aromatic heterocycles. The van der Waals surface area contributed by atoms with Crippen LogP contribution in [0.15, 0.2) is 41.3 Å². The minimum absolute atomic E-state index is 0.145. The lowest BCUT2D eigenvalue weighted by molar-refractivity contribution is 0.0986. The van der Waals surface area contributed by atoms with Crippen LogP contribution in [-0.2, 0) is 15.5 Å². The summed E-state index contributed by atoms with van der Waals surface area (Å²) >= 11 is 3.22. The molecule has 9 heteroatoms. The van der Waals surface area contributed by atoms with Gasteiger partial charge in [-0.1, -0.05) is 17.7 Å². The van der Waals surface area contributed by atoms with E-state index in [2.05, 4.69) is 29.6 Å². The molecule has 0 fully saturated rings. The highest BCUT2D eigenvalue weighted by molar-refractivity contribution is 7.99. The van der Waals surface area contributed by atoms with Crippen LogP contribution < -0.4 is 5.73 Å². The zero-order valence-corrected chi connectivity index (χ0v) is 19.2. The number of hydrogen-bond donors (Lipinski definition) is 3. The van der Waals surface area contributed by atoms with Gasteiger partial charge in [0.2, 0.25) is 0 Å². The van der Waals surface area contributed by atoms with Crippen LogP contribution in [0.4, 0.5) is 0 Å². The van der Waals surface area contributed by atoms with Crippen LogP contribution in [0, 0.1) is 6.92 Å². The molecule has 1 heterocycles. The Morgan fingerprint density at radius 1 is 1.31 bits per heavy atom. The fraction of sp³-hybridized carbons (Fsp3) is 0.450. The van der Waals surface area contributed by atoms with Crippen LogP contribution in [0.25, 0.3) is 0 Å². The van der Waals surface area contributed by atoms with Gasteiger partial charge in [0.25, 0.3) is 0 Å². The maximum absolute atomic E-state index is 12.4. The minimum Gasteiger partial charge on any atom is -0.323 e. The molecule has 0 spiro atoms. The molecule has 1 aromatic carbocycles. The van der Waals surface area contributed by atoms with E-state index < -0.39 is 13.4 Å². The SMILES string of the molecule is Cc1cccc(SCCCC(=O)c2ccc(CCC(C)(N)COP(=O)(O)O)s2)c1. The molecule has 0 aliphatic carbocycles. The Kier molecular flexibility index (Phi) is 9.10. The molecule has 0 saturated carbocycles. The molecule has 160 valence electrons. The van der Waals surface area contributed by atoms with E-state index >= 15 is 0 Å². The Morgan fingerprint density at radius 2 is 2.07 bits per heavy atom. The monoisotopic (exact) mass is 457 g/mol.